The number of hydrogen-bond acceptors (Lipinski definition) is 4. The first-order chi connectivity index (χ1) is 11.5. The number of pyridine rings is 1. The average molecular weight is 320 g/mol. The molecule has 2 aromatic rings. The Balaban J connectivity index is 2.07. The minimum Gasteiger partial charge on any atom is -0.386 e. The highest BCUT2D eigenvalue weighted by Gasteiger charge is 2.12. The zero-order valence-corrected chi connectivity index (χ0v) is 14.1. The van der Waals surface area contributed by atoms with Gasteiger partial charge in [0.05, 0.1) is 0 Å². The lowest BCUT2D eigenvalue weighted by Gasteiger charge is -2.12. The number of benzene rings is 1. The first kappa shape index (κ1) is 17.2. The van der Waals surface area contributed by atoms with Gasteiger partial charge in [-0.1, -0.05) is 17.7 Å². The van der Waals surface area contributed by atoms with Gasteiger partial charge in [-0.2, -0.15) is 5.26 Å². The number of aromatic nitrogens is 1. The molecular formula is C19H20N4O. The normalized spacial score (nSPS) is 10.8. The fourth-order valence-electron chi connectivity index (χ4n) is 2.48. The third-order valence-electron chi connectivity index (χ3n) is 3.58. The van der Waals surface area contributed by atoms with Gasteiger partial charge in [-0.15, -0.1) is 0 Å². The maximum atomic E-state index is 12.3. The highest BCUT2D eigenvalue weighted by Crippen LogP contribution is 2.22. The number of amides is 1. The molecule has 0 aliphatic rings. The van der Waals surface area contributed by atoms with E-state index in [4.69, 9.17) is 0 Å². The predicted molar refractivity (Wildman–Crippen MR) is 94.1 cm³/mol. The monoisotopic (exact) mass is 320 g/mol. The van der Waals surface area contributed by atoms with Crippen molar-refractivity contribution in [3.63, 3.8) is 0 Å². The summed E-state index contributed by atoms with van der Waals surface area (Å²) in [5.41, 5.74) is 4.89. The molecule has 1 amide bonds. The van der Waals surface area contributed by atoms with Crippen LogP contribution in [0.15, 0.2) is 48.4 Å². The summed E-state index contributed by atoms with van der Waals surface area (Å²) < 4.78 is 0. The van der Waals surface area contributed by atoms with Gasteiger partial charge in [-0.05, 0) is 49.6 Å². The molecule has 0 saturated carbocycles. The van der Waals surface area contributed by atoms with Crippen molar-refractivity contribution in [1.29, 1.82) is 5.26 Å². The summed E-state index contributed by atoms with van der Waals surface area (Å²) in [7, 11) is 0. The van der Waals surface area contributed by atoms with Gasteiger partial charge in [0.15, 0.2) is 0 Å². The number of nitrogens with zero attached hydrogens (tertiary/aromatic N) is 2. The van der Waals surface area contributed by atoms with Gasteiger partial charge >= 0.3 is 0 Å². The molecule has 0 bridgehead atoms. The smallest absolute Gasteiger partial charge is 0.267 e. The molecule has 1 heterocycles. The van der Waals surface area contributed by atoms with Crippen LogP contribution in [0.1, 0.15) is 22.3 Å². The van der Waals surface area contributed by atoms with Crippen molar-refractivity contribution in [1.82, 2.24) is 10.3 Å². The van der Waals surface area contributed by atoms with Crippen LogP contribution in [-0.2, 0) is 11.3 Å². The van der Waals surface area contributed by atoms with Crippen molar-refractivity contribution < 1.29 is 4.79 Å². The van der Waals surface area contributed by atoms with Crippen molar-refractivity contribution in [2.24, 2.45) is 0 Å². The van der Waals surface area contributed by atoms with Crippen molar-refractivity contribution in [2.75, 3.05) is 5.32 Å². The van der Waals surface area contributed by atoms with Crippen LogP contribution in [0.3, 0.4) is 0 Å². The molecule has 0 fully saturated rings. The maximum absolute atomic E-state index is 12.3. The summed E-state index contributed by atoms with van der Waals surface area (Å²) in [4.78, 5) is 16.3. The van der Waals surface area contributed by atoms with Crippen LogP contribution in [0, 0.1) is 32.1 Å². The highest BCUT2D eigenvalue weighted by atomic mass is 16.1. The number of nitriles is 1. The van der Waals surface area contributed by atoms with Crippen molar-refractivity contribution >= 4 is 11.6 Å². The molecule has 2 N–H and O–H groups in total. The summed E-state index contributed by atoms with van der Waals surface area (Å²) in [6.45, 7) is 6.40. The maximum Gasteiger partial charge on any atom is 0.267 e. The molecular weight excluding hydrogens is 300 g/mol. The van der Waals surface area contributed by atoms with Crippen LogP contribution in [0.5, 0.6) is 0 Å². The van der Waals surface area contributed by atoms with E-state index in [1.54, 1.807) is 12.4 Å². The molecule has 5 heteroatoms. The summed E-state index contributed by atoms with van der Waals surface area (Å²) in [5.74, 6) is -0.421. The van der Waals surface area contributed by atoms with E-state index in [2.05, 4.69) is 15.6 Å². The largest absolute Gasteiger partial charge is 0.386 e. The summed E-state index contributed by atoms with van der Waals surface area (Å²) in [6.07, 6.45) is 4.83. The topological polar surface area (TPSA) is 77.8 Å². The number of anilines is 1. The Morgan fingerprint density at radius 3 is 2.42 bits per heavy atom. The second-order valence-electron chi connectivity index (χ2n) is 5.63. The van der Waals surface area contributed by atoms with E-state index < -0.39 is 5.91 Å². The van der Waals surface area contributed by atoms with Crippen molar-refractivity contribution in [2.45, 2.75) is 27.3 Å². The van der Waals surface area contributed by atoms with Crippen LogP contribution >= 0.6 is 0 Å². The molecule has 0 unspecified atom stereocenters. The van der Waals surface area contributed by atoms with Gasteiger partial charge in [0.1, 0.15) is 11.6 Å². The Bertz CT molecular complexity index is 781. The molecule has 0 spiro atoms. The van der Waals surface area contributed by atoms with Crippen LogP contribution in [0.2, 0.25) is 0 Å². The first-order valence-corrected chi connectivity index (χ1v) is 7.63. The Kier molecular flexibility index (Phi) is 5.69. The minimum absolute atomic E-state index is 0.0310. The summed E-state index contributed by atoms with van der Waals surface area (Å²) in [6, 6.07) is 9.67. The van der Waals surface area contributed by atoms with Gasteiger partial charge in [0, 0.05) is 30.8 Å². The molecule has 24 heavy (non-hydrogen) atoms. The summed E-state index contributed by atoms with van der Waals surface area (Å²) in [5, 5.41) is 15.0. The van der Waals surface area contributed by atoms with Crippen LogP contribution < -0.4 is 10.6 Å². The van der Waals surface area contributed by atoms with Crippen LogP contribution in [-0.4, -0.2) is 10.9 Å². The number of rotatable bonds is 5. The standard InChI is InChI=1S/C19H20N4O/c1-13-8-14(2)18(15(3)9-13)23-19(24)17(10-20)12-22-11-16-4-6-21-7-5-16/h4-9,12,22H,11H2,1-3H3,(H,23,24)/b17-12-. The number of hydrogen-bond donors (Lipinski definition) is 2. The Hall–Kier alpha value is -3.13. The molecule has 0 aliphatic carbocycles. The van der Waals surface area contributed by atoms with Crippen molar-refractivity contribution in [3.8, 4) is 6.07 Å². The number of aryl methyl sites for hydroxylation is 3. The second kappa shape index (κ2) is 7.93. The Labute approximate surface area is 142 Å². The van der Waals surface area contributed by atoms with E-state index in [1.807, 2.05) is 51.1 Å². The molecule has 0 atom stereocenters. The minimum atomic E-state index is -0.421. The quantitative estimate of drug-likeness (QED) is 0.655. The highest BCUT2D eigenvalue weighted by molar-refractivity contribution is 6.07. The third-order valence-corrected chi connectivity index (χ3v) is 3.58. The van der Waals surface area contributed by atoms with Gasteiger partial charge in [0.25, 0.3) is 5.91 Å². The lowest BCUT2D eigenvalue weighted by Crippen LogP contribution is -2.18. The van der Waals surface area contributed by atoms with Gasteiger partial charge in [0.2, 0.25) is 0 Å². The fourth-order valence-corrected chi connectivity index (χ4v) is 2.48. The van der Waals surface area contributed by atoms with Crippen LogP contribution in [0.4, 0.5) is 5.69 Å². The average Bonchev–Trinajstić information content (AvgIpc) is 2.55. The molecule has 122 valence electrons. The fraction of sp³-hybridized carbons (Fsp3) is 0.211. The van der Waals surface area contributed by atoms with E-state index in [1.165, 1.54) is 6.20 Å². The molecule has 0 aliphatic heterocycles. The van der Waals surface area contributed by atoms with E-state index in [0.717, 1.165) is 27.9 Å². The Morgan fingerprint density at radius 1 is 1.21 bits per heavy atom. The summed E-state index contributed by atoms with van der Waals surface area (Å²) >= 11 is 0. The Morgan fingerprint density at radius 2 is 1.83 bits per heavy atom. The zero-order valence-electron chi connectivity index (χ0n) is 14.1. The first-order valence-electron chi connectivity index (χ1n) is 7.63. The molecule has 1 aromatic carbocycles. The van der Waals surface area contributed by atoms with Crippen LogP contribution in [0.25, 0.3) is 0 Å². The molecule has 5 nitrogen and oxygen atoms in total. The molecule has 0 saturated heterocycles. The van der Waals surface area contributed by atoms with Gasteiger partial charge in [-0.3, -0.25) is 9.78 Å². The van der Waals surface area contributed by atoms with Crippen molar-refractivity contribution in [3.05, 3.63) is 70.7 Å². The second-order valence-corrected chi connectivity index (χ2v) is 5.63. The van der Waals surface area contributed by atoms with Gasteiger partial charge in [-0.25, -0.2) is 0 Å². The van der Waals surface area contributed by atoms with E-state index >= 15 is 0 Å². The lowest BCUT2D eigenvalue weighted by molar-refractivity contribution is -0.112. The molecule has 0 radical (unpaired) electrons. The molecule has 2 rings (SSSR count). The number of nitrogens with one attached hydrogen (secondary N) is 2. The lowest BCUT2D eigenvalue weighted by atomic mass is 10.0. The SMILES string of the molecule is Cc1cc(C)c(NC(=O)/C(C#N)=C\NCc2ccncc2)c(C)c1. The van der Waals surface area contributed by atoms with E-state index in [-0.39, 0.29) is 5.57 Å². The number of carbonyl (C=O) groups is 1. The molecule has 1 aromatic heterocycles. The van der Waals surface area contributed by atoms with E-state index in [0.29, 0.717) is 6.54 Å². The third kappa shape index (κ3) is 4.43. The number of carbonyl (C=O) groups excluding carboxylic acids is 1. The zero-order chi connectivity index (χ0) is 17.5. The van der Waals surface area contributed by atoms with Gasteiger partial charge < -0.3 is 10.6 Å². The van der Waals surface area contributed by atoms with E-state index in [9.17, 15) is 10.1 Å². The predicted octanol–water partition coefficient (Wildman–Crippen LogP) is 3.14.